The lowest BCUT2D eigenvalue weighted by Gasteiger charge is -2.09. The van der Waals surface area contributed by atoms with Crippen molar-refractivity contribution >= 4 is 16.6 Å². The van der Waals surface area contributed by atoms with Crippen LogP contribution in [0.2, 0.25) is 0 Å². The summed E-state index contributed by atoms with van der Waals surface area (Å²) < 4.78 is 0. The van der Waals surface area contributed by atoms with Gasteiger partial charge in [0.1, 0.15) is 6.10 Å². The fourth-order valence-corrected chi connectivity index (χ4v) is 1.59. The maximum Gasteiger partial charge on any atom is 0.271 e. The maximum absolute atomic E-state index is 10.6. The van der Waals surface area contributed by atoms with Gasteiger partial charge in [0.05, 0.1) is 22.2 Å². The minimum Gasteiger partial charge on any atom is -0.383 e. The normalized spacial score (nSPS) is 14.1. The highest BCUT2D eigenvalue weighted by Gasteiger charge is 2.22. The van der Waals surface area contributed by atoms with Crippen LogP contribution in [0.5, 0.6) is 0 Å². The van der Waals surface area contributed by atoms with Crippen LogP contribution in [0.25, 0.3) is 10.9 Å². The van der Waals surface area contributed by atoms with Crippen molar-refractivity contribution in [2.75, 3.05) is 0 Å². The van der Waals surface area contributed by atoms with Gasteiger partial charge in [-0.3, -0.25) is 15.2 Å². The SMILES string of the molecule is N#CC(O)C(O)c1[nH]nc2cc([N+](=O)[O-])ccc12. The maximum atomic E-state index is 10.6. The van der Waals surface area contributed by atoms with Gasteiger partial charge in [-0.2, -0.15) is 10.4 Å². The molecule has 0 saturated heterocycles. The van der Waals surface area contributed by atoms with Crippen LogP contribution >= 0.6 is 0 Å². The standard InChI is InChI=1S/C10H8N4O4/c11-4-8(15)10(16)9-6-2-1-5(14(17)18)3-7(6)12-13-9/h1-3,8,10,15-16H,(H,12,13). The van der Waals surface area contributed by atoms with E-state index in [0.717, 1.165) is 0 Å². The highest BCUT2D eigenvalue weighted by molar-refractivity contribution is 5.83. The van der Waals surface area contributed by atoms with Gasteiger partial charge in [0.15, 0.2) is 6.10 Å². The molecule has 2 aromatic rings. The van der Waals surface area contributed by atoms with Crippen molar-refractivity contribution in [2.24, 2.45) is 0 Å². The number of nitro benzene ring substituents is 1. The number of rotatable bonds is 3. The van der Waals surface area contributed by atoms with E-state index in [-0.39, 0.29) is 16.9 Å². The third kappa shape index (κ3) is 1.88. The average molecular weight is 248 g/mol. The van der Waals surface area contributed by atoms with Crippen LogP contribution in [0.15, 0.2) is 18.2 Å². The molecule has 0 saturated carbocycles. The highest BCUT2D eigenvalue weighted by Crippen LogP contribution is 2.26. The summed E-state index contributed by atoms with van der Waals surface area (Å²) in [5, 5.41) is 44.7. The molecule has 92 valence electrons. The van der Waals surface area contributed by atoms with Gasteiger partial charge >= 0.3 is 0 Å². The molecule has 8 nitrogen and oxygen atoms in total. The predicted octanol–water partition coefficient (Wildman–Crippen LogP) is 0.389. The van der Waals surface area contributed by atoms with Crippen LogP contribution in [0, 0.1) is 21.4 Å². The second-order valence-corrected chi connectivity index (χ2v) is 3.61. The van der Waals surface area contributed by atoms with Gasteiger partial charge in [-0.15, -0.1) is 0 Å². The number of non-ortho nitro benzene ring substituents is 1. The molecule has 3 N–H and O–H groups in total. The lowest BCUT2D eigenvalue weighted by molar-refractivity contribution is -0.384. The summed E-state index contributed by atoms with van der Waals surface area (Å²) in [6.45, 7) is 0. The monoisotopic (exact) mass is 248 g/mol. The van der Waals surface area contributed by atoms with Crippen molar-refractivity contribution in [2.45, 2.75) is 12.2 Å². The number of aliphatic hydroxyl groups is 2. The lowest BCUT2D eigenvalue weighted by atomic mass is 10.1. The summed E-state index contributed by atoms with van der Waals surface area (Å²) in [6.07, 6.45) is -3.04. The van der Waals surface area contributed by atoms with E-state index >= 15 is 0 Å². The Morgan fingerprint density at radius 1 is 1.50 bits per heavy atom. The minimum atomic E-state index is -1.59. The minimum absolute atomic E-state index is 0.129. The van der Waals surface area contributed by atoms with E-state index in [2.05, 4.69) is 10.2 Å². The zero-order valence-electron chi connectivity index (χ0n) is 8.94. The Balaban J connectivity index is 2.50. The molecule has 0 aliphatic rings. The van der Waals surface area contributed by atoms with E-state index in [0.29, 0.717) is 5.39 Å². The van der Waals surface area contributed by atoms with Crippen molar-refractivity contribution in [3.63, 3.8) is 0 Å². The number of nitriles is 1. The molecular weight excluding hydrogens is 240 g/mol. The second kappa shape index (κ2) is 4.40. The molecule has 0 aliphatic heterocycles. The van der Waals surface area contributed by atoms with Crippen molar-refractivity contribution in [3.8, 4) is 6.07 Å². The number of aromatic nitrogens is 2. The lowest BCUT2D eigenvalue weighted by Crippen LogP contribution is -2.16. The Morgan fingerprint density at radius 3 is 2.83 bits per heavy atom. The van der Waals surface area contributed by atoms with Gasteiger partial charge in [0.25, 0.3) is 5.69 Å². The summed E-state index contributed by atoms with van der Waals surface area (Å²) in [5.41, 5.74) is 0.299. The van der Waals surface area contributed by atoms with Gasteiger partial charge in [-0.1, -0.05) is 0 Å². The van der Waals surface area contributed by atoms with E-state index < -0.39 is 17.1 Å². The Hall–Kier alpha value is -2.50. The molecule has 0 aliphatic carbocycles. The van der Waals surface area contributed by atoms with Gasteiger partial charge in [-0.05, 0) is 6.07 Å². The van der Waals surface area contributed by atoms with E-state index in [1.54, 1.807) is 0 Å². The third-order valence-corrected chi connectivity index (χ3v) is 2.51. The van der Waals surface area contributed by atoms with Crippen LogP contribution in [0.4, 0.5) is 5.69 Å². The first-order chi connectivity index (χ1) is 8.54. The topological polar surface area (TPSA) is 136 Å². The molecule has 0 amide bonds. The number of nitro groups is 1. The number of aliphatic hydroxyl groups excluding tert-OH is 2. The third-order valence-electron chi connectivity index (χ3n) is 2.51. The molecule has 8 heteroatoms. The quantitative estimate of drug-likeness (QED) is 0.408. The molecule has 1 aromatic carbocycles. The molecule has 18 heavy (non-hydrogen) atoms. The highest BCUT2D eigenvalue weighted by atomic mass is 16.6. The predicted molar refractivity (Wildman–Crippen MR) is 59.3 cm³/mol. The molecule has 0 bridgehead atoms. The molecule has 0 spiro atoms. The Kier molecular flexibility index (Phi) is 2.93. The van der Waals surface area contributed by atoms with Crippen LogP contribution in [0.3, 0.4) is 0 Å². The van der Waals surface area contributed by atoms with E-state index in [4.69, 9.17) is 5.26 Å². The van der Waals surface area contributed by atoms with Gasteiger partial charge in [-0.25, -0.2) is 0 Å². The van der Waals surface area contributed by atoms with Gasteiger partial charge in [0, 0.05) is 17.5 Å². The van der Waals surface area contributed by atoms with Crippen molar-refractivity contribution < 1.29 is 15.1 Å². The number of nitrogens with one attached hydrogen (secondary N) is 1. The first kappa shape index (κ1) is 12.0. The molecule has 0 fully saturated rings. The first-order valence-corrected chi connectivity index (χ1v) is 4.92. The second-order valence-electron chi connectivity index (χ2n) is 3.61. The number of aromatic amines is 1. The fraction of sp³-hybridized carbons (Fsp3) is 0.200. The number of hydrogen-bond acceptors (Lipinski definition) is 6. The van der Waals surface area contributed by atoms with Crippen LogP contribution < -0.4 is 0 Å². The van der Waals surface area contributed by atoms with Gasteiger partial charge < -0.3 is 10.2 Å². The summed E-state index contributed by atoms with van der Waals surface area (Å²) in [6, 6.07) is 5.39. The Morgan fingerprint density at radius 2 is 2.22 bits per heavy atom. The van der Waals surface area contributed by atoms with Crippen molar-refractivity contribution in [3.05, 3.63) is 34.0 Å². The van der Waals surface area contributed by atoms with Crippen LogP contribution in [-0.2, 0) is 0 Å². The van der Waals surface area contributed by atoms with Crippen molar-refractivity contribution in [1.82, 2.24) is 10.2 Å². The largest absolute Gasteiger partial charge is 0.383 e. The number of hydrogen-bond donors (Lipinski definition) is 3. The van der Waals surface area contributed by atoms with E-state index in [1.807, 2.05) is 0 Å². The zero-order valence-corrected chi connectivity index (χ0v) is 8.94. The zero-order chi connectivity index (χ0) is 13.3. The van der Waals surface area contributed by atoms with Crippen LogP contribution in [0.1, 0.15) is 11.8 Å². The van der Waals surface area contributed by atoms with E-state index in [9.17, 15) is 20.3 Å². The smallest absolute Gasteiger partial charge is 0.271 e. The summed E-state index contributed by atoms with van der Waals surface area (Å²) in [4.78, 5) is 10.0. The number of nitrogens with zero attached hydrogens (tertiary/aromatic N) is 3. The molecule has 2 atom stereocenters. The molecular formula is C10H8N4O4. The fourth-order valence-electron chi connectivity index (χ4n) is 1.59. The molecule has 2 unspecified atom stereocenters. The molecule has 1 heterocycles. The average Bonchev–Trinajstić information content (AvgIpc) is 2.79. The van der Waals surface area contributed by atoms with Crippen molar-refractivity contribution in [1.29, 1.82) is 5.26 Å². The van der Waals surface area contributed by atoms with E-state index in [1.165, 1.54) is 24.3 Å². The molecule has 1 aromatic heterocycles. The number of H-pyrrole nitrogens is 1. The Bertz CT molecular complexity index is 645. The number of benzene rings is 1. The van der Waals surface area contributed by atoms with Gasteiger partial charge in [0.2, 0.25) is 0 Å². The Labute approximate surface area is 100 Å². The summed E-state index contributed by atoms with van der Waals surface area (Å²) >= 11 is 0. The first-order valence-electron chi connectivity index (χ1n) is 4.92. The number of fused-ring (bicyclic) bond motifs is 1. The molecule has 2 rings (SSSR count). The summed E-state index contributed by atoms with van der Waals surface area (Å²) in [5.74, 6) is 0. The summed E-state index contributed by atoms with van der Waals surface area (Å²) in [7, 11) is 0. The van der Waals surface area contributed by atoms with Crippen LogP contribution in [-0.4, -0.2) is 31.4 Å². The molecule has 0 radical (unpaired) electrons.